The van der Waals surface area contributed by atoms with Crippen molar-refractivity contribution in [3.63, 3.8) is 0 Å². The Balaban J connectivity index is 1.56. The molecule has 124 valence electrons. The maximum atomic E-state index is 12.4. The van der Waals surface area contributed by atoms with E-state index in [0.717, 1.165) is 22.4 Å². The Morgan fingerprint density at radius 2 is 2.00 bits per heavy atom. The third-order valence-corrected chi connectivity index (χ3v) is 3.93. The number of nitrogens with zero attached hydrogens (tertiary/aromatic N) is 6. The summed E-state index contributed by atoms with van der Waals surface area (Å²) in [7, 11) is 1.84. The van der Waals surface area contributed by atoms with E-state index < -0.39 is 0 Å². The number of benzene rings is 1. The molecule has 1 aromatic carbocycles. The zero-order valence-corrected chi connectivity index (χ0v) is 13.7. The molecular weight excluding hydrogens is 318 g/mol. The van der Waals surface area contributed by atoms with E-state index in [0.29, 0.717) is 11.3 Å². The van der Waals surface area contributed by atoms with E-state index in [1.807, 2.05) is 32.2 Å². The van der Waals surface area contributed by atoms with Crippen molar-refractivity contribution in [2.45, 2.75) is 6.92 Å². The van der Waals surface area contributed by atoms with E-state index in [2.05, 4.69) is 25.5 Å². The van der Waals surface area contributed by atoms with E-state index in [4.69, 9.17) is 0 Å². The molecule has 4 aromatic rings. The molecule has 0 radical (unpaired) electrons. The maximum Gasteiger partial charge on any atom is 0.255 e. The van der Waals surface area contributed by atoms with Gasteiger partial charge in [-0.05, 0) is 37.3 Å². The molecule has 8 heteroatoms. The first kappa shape index (κ1) is 15.0. The molecule has 0 saturated heterocycles. The predicted octanol–water partition coefficient (Wildman–Crippen LogP) is 2.11. The summed E-state index contributed by atoms with van der Waals surface area (Å²) >= 11 is 0. The molecule has 0 unspecified atom stereocenters. The number of amides is 1. The highest BCUT2D eigenvalue weighted by Gasteiger charge is 2.10. The fraction of sp³-hybridized carbons (Fsp3) is 0.118. The number of hydrogen-bond acceptors (Lipinski definition) is 5. The molecule has 0 aliphatic carbocycles. The molecule has 25 heavy (non-hydrogen) atoms. The second-order valence-corrected chi connectivity index (χ2v) is 5.65. The van der Waals surface area contributed by atoms with Crippen LogP contribution < -0.4 is 5.32 Å². The average molecular weight is 333 g/mol. The summed E-state index contributed by atoms with van der Waals surface area (Å²) in [6.45, 7) is 1.92. The van der Waals surface area contributed by atoms with Crippen LogP contribution in [0.1, 0.15) is 16.1 Å². The summed E-state index contributed by atoms with van der Waals surface area (Å²) in [5.74, 6) is -0.201. The van der Waals surface area contributed by atoms with Crippen LogP contribution in [0, 0.1) is 6.92 Å². The van der Waals surface area contributed by atoms with Crippen LogP contribution in [0.15, 0.2) is 49.2 Å². The minimum Gasteiger partial charge on any atom is -0.321 e. The molecule has 4 rings (SSSR count). The van der Waals surface area contributed by atoms with Gasteiger partial charge in [-0.25, -0.2) is 14.6 Å². The monoisotopic (exact) mass is 333 g/mol. The number of aromatic nitrogens is 6. The lowest BCUT2D eigenvalue weighted by Gasteiger charge is -2.06. The molecule has 0 atom stereocenters. The summed E-state index contributed by atoms with van der Waals surface area (Å²) in [4.78, 5) is 20.7. The summed E-state index contributed by atoms with van der Waals surface area (Å²) in [5.41, 5.74) is 3.68. The maximum absolute atomic E-state index is 12.4. The van der Waals surface area contributed by atoms with Gasteiger partial charge in [0, 0.05) is 18.0 Å². The number of hydrogen-bond donors (Lipinski definition) is 1. The second-order valence-electron chi connectivity index (χ2n) is 5.65. The van der Waals surface area contributed by atoms with Gasteiger partial charge in [0.05, 0.1) is 23.3 Å². The molecule has 0 fully saturated rings. The van der Waals surface area contributed by atoms with Gasteiger partial charge in [-0.1, -0.05) is 0 Å². The molecule has 0 saturated carbocycles. The Hall–Kier alpha value is -3.55. The highest BCUT2D eigenvalue weighted by atomic mass is 16.1. The second kappa shape index (κ2) is 5.82. The van der Waals surface area contributed by atoms with Crippen molar-refractivity contribution in [3.8, 4) is 5.69 Å². The Kier molecular flexibility index (Phi) is 3.50. The standard InChI is InChI=1S/C17H15N7O/c1-11-15-7-13(8-19-16(15)23(2)22-11)21-17(25)12-3-5-14(6-4-12)24-10-18-9-20-24/h3-10H,1-2H3,(H,21,25). The Bertz CT molecular complexity index is 1050. The molecule has 0 spiro atoms. The van der Waals surface area contributed by atoms with Gasteiger partial charge in [-0.15, -0.1) is 0 Å². The molecule has 1 amide bonds. The topological polar surface area (TPSA) is 90.5 Å². The summed E-state index contributed by atoms with van der Waals surface area (Å²) in [6, 6.07) is 9.00. The van der Waals surface area contributed by atoms with E-state index in [-0.39, 0.29) is 5.91 Å². The van der Waals surface area contributed by atoms with Crippen molar-refractivity contribution in [1.29, 1.82) is 0 Å². The van der Waals surface area contributed by atoms with Gasteiger partial charge in [0.15, 0.2) is 5.65 Å². The van der Waals surface area contributed by atoms with Crippen molar-refractivity contribution < 1.29 is 4.79 Å². The lowest BCUT2D eigenvalue weighted by atomic mass is 10.2. The average Bonchev–Trinajstić information content (AvgIpc) is 3.24. The van der Waals surface area contributed by atoms with E-state index in [1.165, 1.54) is 6.33 Å². The minimum atomic E-state index is -0.201. The number of anilines is 1. The fourth-order valence-corrected chi connectivity index (χ4v) is 2.69. The first-order chi connectivity index (χ1) is 12.1. The van der Waals surface area contributed by atoms with Crippen molar-refractivity contribution in [1.82, 2.24) is 29.5 Å². The third kappa shape index (κ3) is 2.74. The number of aryl methyl sites for hydroxylation is 2. The van der Waals surface area contributed by atoms with Gasteiger partial charge in [-0.3, -0.25) is 9.48 Å². The van der Waals surface area contributed by atoms with Gasteiger partial charge in [0.2, 0.25) is 0 Å². The molecule has 0 aliphatic rings. The number of nitrogens with one attached hydrogen (secondary N) is 1. The van der Waals surface area contributed by atoms with Gasteiger partial charge < -0.3 is 5.32 Å². The number of fused-ring (bicyclic) bond motifs is 1. The molecule has 1 N–H and O–H groups in total. The lowest BCUT2D eigenvalue weighted by molar-refractivity contribution is 0.102. The van der Waals surface area contributed by atoms with Crippen LogP contribution in [-0.4, -0.2) is 35.4 Å². The van der Waals surface area contributed by atoms with Gasteiger partial charge >= 0.3 is 0 Å². The first-order valence-corrected chi connectivity index (χ1v) is 7.67. The molecule has 3 heterocycles. The molecule has 0 aliphatic heterocycles. The highest BCUT2D eigenvalue weighted by molar-refractivity contribution is 6.05. The largest absolute Gasteiger partial charge is 0.321 e. The SMILES string of the molecule is Cc1nn(C)c2ncc(NC(=O)c3ccc(-n4cncn4)cc3)cc12. The molecule has 8 nitrogen and oxygen atoms in total. The molecule has 0 bridgehead atoms. The summed E-state index contributed by atoms with van der Waals surface area (Å²) < 4.78 is 3.35. The van der Waals surface area contributed by atoms with Crippen molar-refractivity contribution in [3.05, 3.63) is 60.4 Å². The number of carbonyl (C=O) groups excluding carboxylic acids is 1. The molecular formula is C17H15N7O. The normalized spacial score (nSPS) is 11.0. The van der Waals surface area contributed by atoms with E-state index >= 15 is 0 Å². The molecule has 3 aromatic heterocycles. The zero-order chi connectivity index (χ0) is 17.4. The van der Waals surface area contributed by atoms with Crippen LogP contribution in [0.25, 0.3) is 16.7 Å². The third-order valence-electron chi connectivity index (χ3n) is 3.93. The van der Waals surface area contributed by atoms with Crippen LogP contribution in [0.5, 0.6) is 0 Å². The van der Waals surface area contributed by atoms with E-state index in [1.54, 1.807) is 34.0 Å². The Labute approximate surface area is 143 Å². The van der Waals surface area contributed by atoms with Crippen LogP contribution in [-0.2, 0) is 7.05 Å². The van der Waals surface area contributed by atoms with Crippen LogP contribution >= 0.6 is 0 Å². The van der Waals surface area contributed by atoms with Gasteiger partial charge in [-0.2, -0.15) is 10.2 Å². The number of carbonyl (C=O) groups is 1. The highest BCUT2D eigenvalue weighted by Crippen LogP contribution is 2.20. The van der Waals surface area contributed by atoms with Gasteiger partial charge in [0.25, 0.3) is 5.91 Å². The van der Waals surface area contributed by atoms with E-state index in [9.17, 15) is 4.79 Å². The Morgan fingerprint density at radius 3 is 2.72 bits per heavy atom. The fourth-order valence-electron chi connectivity index (χ4n) is 2.69. The minimum absolute atomic E-state index is 0.201. The van der Waals surface area contributed by atoms with Crippen molar-refractivity contribution in [2.75, 3.05) is 5.32 Å². The first-order valence-electron chi connectivity index (χ1n) is 7.67. The zero-order valence-electron chi connectivity index (χ0n) is 13.7. The summed E-state index contributed by atoms with van der Waals surface area (Å²) in [5, 5.41) is 12.2. The quantitative estimate of drug-likeness (QED) is 0.620. The lowest BCUT2D eigenvalue weighted by Crippen LogP contribution is -2.12. The van der Waals surface area contributed by atoms with Crippen LogP contribution in [0.3, 0.4) is 0 Å². The van der Waals surface area contributed by atoms with Gasteiger partial charge in [0.1, 0.15) is 12.7 Å². The van der Waals surface area contributed by atoms with Crippen molar-refractivity contribution in [2.24, 2.45) is 7.05 Å². The van der Waals surface area contributed by atoms with Crippen LogP contribution in [0.4, 0.5) is 5.69 Å². The summed E-state index contributed by atoms with van der Waals surface area (Å²) in [6.07, 6.45) is 4.70. The number of rotatable bonds is 3. The smallest absolute Gasteiger partial charge is 0.255 e. The Morgan fingerprint density at radius 1 is 1.20 bits per heavy atom. The van der Waals surface area contributed by atoms with Crippen molar-refractivity contribution >= 4 is 22.6 Å². The predicted molar refractivity (Wildman–Crippen MR) is 92.6 cm³/mol. The van der Waals surface area contributed by atoms with Crippen LogP contribution in [0.2, 0.25) is 0 Å². The number of pyridine rings is 1.